The molecule has 16 heavy (non-hydrogen) atoms. The van der Waals surface area contributed by atoms with Gasteiger partial charge in [-0.05, 0) is 18.1 Å². The Morgan fingerprint density at radius 2 is 1.94 bits per heavy atom. The maximum atomic E-state index is 13.2. The third-order valence-corrected chi connectivity index (χ3v) is 2.66. The highest BCUT2D eigenvalue weighted by molar-refractivity contribution is 5.76. The van der Waals surface area contributed by atoms with Gasteiger partial charge in [0, 0.05) is 19.5 Å². The van der Waals surface area contributed by atoms with E-state index in [4.69, 9.17) is 0 Å². The second kappa shape index (κ2) is 3.81. The molecule has 0 bridgehead atoms. The topological polar surface area (TPSA) is 20.1 Å². The van der Waals surface area contributed by atoms with Crippen LogP contribution in [0.5, 0.6) is 0 Å². The van der Waals surface area contributed by atoms with Gasteiger partial charge in [0.15, 0.2) is 11.6 Å². The van der Waals surface area contributed by atoms with Crippen molar-refractivity contribution in [2.75, 3.05) is 6.54 Å². The Labute approximate surface area is 90.7 Å². The molecule has 0 aromatic heterocycles. The summed E-state index contributed by atoms with van der Waals surface area (Å²) in [6, 6.07) is 1.30. The maximum Gasteiger partial charge on any atom is 0.219 e. The Morgan fingerprint density at radius 3 is 2.50 bits per heavy atom. The van der Waals surface area contributed by atoms with E-state index >= 15 is 0 Å². The number of halogens is 3. The largest absolute Gasteiger partial charge is 0.336 e. The molecule has 1 heterocycles. The van der Waals surface area contributed by atoms with Crippen LogP contribution in [0.1, 0.15) is 12.5 Å². The zero-order valence-electron chi connectivity index (χ0n) is 8.64. The van der Waals surface area contributed by atoms with E-state index < -0.39 is 17.5 Å². The first-order chi connectivity index (χ1) is 7.49. The standard InChI is InChI=1S/C11H10F3NO/c1-6(16)15-5-8(15)2-7-3-10(13)11(14)4-9(7)12/h3-4,8H,2,5H2,1H3/t8-,15?/m1/s1. The summed E-state index contributed by atoms with van der Waals surface area (Å²) in [5.74, 6) is -3.12. The Morgan fingerprint density at radius 1 is 1.31 bits per heavy atom. The van der Waals surface area contributed by atoms with Gasteiger partial charge in [0.25, 0.3) is 0 Å². The van der Waals surface area contributed by atoms with Crippen LogP contribution in [0.4, 0.5) is 13.2 Å². The highest BCUT2D eigenvalue weighted by Gasteiger charge is 2.36. The fourth-order valence-electron chi connectivity index (χ4n) is 1.71. The van der Waals surface area contributed by atoms with E-state index in [2.05, 4.69) is 0 Å². The summed E-state index contributed by atoms with van der Waals surface area (Å²) in [6.45, 7) is 1.97. The molecule has 1 aromatic rings. The molecular weight excluding hydrogens is 219 g/mol. The smallest absolute Gasteiger partial charge is 0.219 e. The van der Waals surface area contributed by atoms with Crippen molar-refractivity contribution in [1.29, 1.82) is 0 Å². The van der Waals surface area contributed by atoms with Crippen molar-refractivity contribution in [2.45, 2.75) is 19.4 Å². The van der Waals surface area contributed by atoms with Crippen LogP contribution >= 0.6 is 0 Å². The number of benzene rings is 1. The molecule has 1 fully saturated rings. The summed E-state index contributed by atoms with van der Waals surface area (Å²) in [4.78, 5) is 12.5. The molecule has 0 spiro atoms. The normalized spacial score (nSPS) is 18.8. The van der Waals surface area contributed by atoms with Crippen LogP contribution in [0.3, 0.4) is 0 Å². The quantitative estimate of drug-likeness (QED) is 0.560. The zero-order chi connectivity index (χ0) is 11.9. The van der Waals surface area contributed by atoms with Gasteiger partial charge in [-0.1, -0.05) is 0 Å². The lowest BCUT2D eigenvalue weighted by molar-refractivity contribution is -0.123. The minimum absolute atomic E-state index is 0.0862. The van der Waals surface area contributed by atoms with Gasteiger partial charge in [-0.15, -0.1) is 0 Å². The second-order valence-electron chi connectivity index (χ2n) is 3.89. The average Bonchev–Trinajstić information content (AvgIpc) is 2.93. The van der Waals surface area contributed by atoms with Crippen molar-refractivity contribution in [1.82, 2.24) is 4.90 Å². The van der Waals surface area contributed by atoms with E-state index in [1.165, 1.54) is 6.92 Å². The molecule has 1 aliphatic rings. The Balaban J connectivity index is 2.11. The Kier molecular flexibility index (Phi) is 2.61. The van der Waals surface area contributed by atoms with Crippen LogP contribution < -0.4 is 0 Å². The Bertz CT molecular complexity index is 447. The summed E-state index contributed by atoms with van der Waals surface area (Å²) in [6.07, 6.45) is 0.225. The predicted octanol–water partition coefficient (Wildman–Crippen LogP) is 1.88. The third kappa shape index (κ3) is 2.03. The molecule has 2 nitrogen and oxygen atoms in total. The minimum Gasteiger partial charge on any atom is -0.336 e. The minimum atomic E-state index is -1.19. The first kappa shape index (κ1) is 11.0. The molecular formula is C11H10F3NO. The van der Waals surface area contributed by atoms with Crippen LogP contribution in [0.2, 0.25) is 0 Å². The number of rotatable bonds is 2. The zero-order valence-corrected chi connectivity index (χ0v) is 8.64. The lowest BCUT2D eigenvalue weighted by Crippen LogP contribution is -2.11. The number of amides is 1. The molecule has 0 aliphatic carbocycles. The SMILES string of the molecule is CC(=O)N1C[C@H]1Cc1cc(F)c(F)cc1F. The number of hydrogen-bond acceptors (Lipinski definition) is 1. The van der Waals surface area contributed by atoms with Crippen molar-refractivity contribution < 1.29 is 18.0 Å². The van der Waals surface area contributed by atoms with Crippen LogP contribution in [0.25, 0.3) is 0 Å². The molecule has 1 aliphatic heterocycles. The maximum absolute atomic E-state index is 13.2. The van der Waals surface area contributed by atoms with Crippen molar-refractivity contribution in [3.8, 4) is 0 Å². The van der Waals surface area contributed by atoms with Gasteiger partial charge >= 0.3 is 0 Å². The molecule has 2 rings (SSSR count). The molecule has 1 atom stereocenters. The third-order valence-electron chi connectivity index (χ3n) is 2.66. The monoisotopic (exact) mass is 229 g/mol. The van der Waals surface area contributed by atoms with Gasteiger partial charge in [0.05, 0.1) is 6.04 Å². The van der Waals surface area contributed by atoms with Gasteiger partial charge in [0.1, 0.15) is 5.82 Å². The van der Waals surface area contributed by atoms with Crippen molar-refractivity contribution in [3.05, 3.63) is 35.1 Å². The van der Waals surface area contributed by atoms with Crippen LogP contribution in [-0.4, -0.2) is 23.4 Å². The molecule has 0 unspecified atom stereocenters. The fourth-order valence-corrected chi connectivity index (χ4v) is 1.71. The molecule has 0 N–H and O–H groups in total. The van der Waals surface area contributed by atoms with Crippen molar-refractivity contribution >= 4 is 5.91 Å². The molecule has 5 heteroatoms. The molecule has 1 saturated heterocycles. The molecule has 1 amide bonds. The Hall–Kier alpha value is -1.52. The van der Waals surface area contributed by atoms with E-state index in [0.29, 0.717) is 12.6 Å². The number of nitrogens with zero attached hydrogens (tertiary/aromatic N) is 1. The van der Waals surface area contributed by atoms with E-state index in [1.807, 2.05) is 0 Å². The van der Waals surface area contributed by atoms with Crippen LogP contribution in [0, 0.1) is 17.5 Å². The number of carbonyl (C=O) groups is 1. The molecule has 0 radical (unpaired) electrons. The summed E-state index contributed by atoms with van der Waals surface area (Å²) >= 11 is 0. The van der Waals surface area contributed by atoms with Crippen LogP contribution in [-0.2, 0) is 11.2 Å². The summed E-state index contributed by atoms with van der Waals surface area (Å²) in [5.41, 5.74) is 0.104. The highest BCUT2D eigenvalue weighted by Crippen LogP contribution is 2.24. The fraction of sp³-hybridized carbons (Fsp3) is 0.364. The van der Waals surface area contributed by atoms with Gasteiger partial charge in [-0.2, -0.15) is 0 Å². The van der Waals surface area contributed by atoms with Gasteiger partial charge in [0.2, 0.25) is 5.91 Å². The van der Waals surface area contributed by atoms with E-state index in [0.717, 1.165) is 6.07 Å². The average molecular weight is 229 g/mol. The van der Waals surface area contributed by atoms with Gasteiger partial charge in [-0.3, -0.25) is 4.79 Å². The van der Waals surface area contributed by atoms with Gasteiger partial charge in [-0.25, -0.2) is 13.2 Å². The van der Waals surface area contributed by atoms with Gasteiger partial charge < -0.3 is 4.90 Å². The summed E-state index contributed by atoms with van der Waals surface area (Å²) in [5, 5.41) is 0. The van der Waals surface area contributed by atoms with E-state index in [9.17, 15) is 18.0 Å². The second-order valence-corrected chi connectivity index (χ2v) is 3.89. The summed E-state index contributed by atoms with van der Waals surface area (Å²) in [7, 11) is 0. The van der Waals surface area contributed by atoms with E-state index in [-0.39, 0.29) is 23.9 Å². The molecule has 0 saturated carbocycles. The molecule has 86 valence electrons. The first-order valence-corrected chi connectivity index (χ1v) is 4.89. The summed E-state index contributed by atoms with van der Waals surface area (Å²) < 4.78 is 38.7. The predicted molar refractivity (Wildman–Crippen MR) is 51.2 cm³/mol. The van der Waals surface area contributed by atoms with E-state index in [1.54, 1.807) is 4.90 Å². The molecule has 1 aromatic carbocycles. The lowest BCUT2D eigenvalue weighted by atomic mass is 10.1. The first-order valence-electron chi connectivity index (χ1n) is 4.89. The number of carbonyl (C=O) groups excluding carboxylic acids is 1. The van der Waals surface area contributed by atoms with Crippen molar-refractivity contribution in [2.24, 2.45) is 0 Å². The lowest BCUT2D eigenvalue weighted by Gasteiger charge is -2.04. The number of hydrogen-bond donors (Lipinski definition) is 0. The van der Waals surface area contributed by atoms with Crippen molar-refractivity contribution in [3.63, 3.8) is 0 Å². The highest BCUT2D eigenvalue weighted by atomic mass is 19.2. The van der Waals surface area contributed by atoms with Crippen LogP contribution in [0.15, 0.2) is 12.1 Å².